The van der Waals surface area contributed by atoms with E-state index in [1.54, 1.807) is 13.8 Å². The first-order valence-corrected chi connectivity index (χ1v) is 7.72. The SMILES string of the molecule is CC(C)N(CCC(=O)O)C(=O)CNC(=O)c1ccc(Cl)c(Cl)c1. The van der Waals surface area contributed by atoms with Crippen molar-refractivity contribution in [2.24, 2.45) is 0 Å². The fourth-order valence-corrected chi connectivity index (χ4v) is 2.18. The van der Waals surface area contributed by atoms with Gasteiger partial charge in [-0.05, 0) is 32.0 Å². The first-order chi connectivity index (χ1) is 10.7. The number of hydrogen-bond acceptors (Lipinski definition) is 3. The zero-order valence-electron chi connectivity index (χ0n) is 12.8. The number of carboxylic acids is 1. The van der Waals surface area contributed by atoms with Crippen molar-refractivity contribution in [2.75, 3.05) is 13.1 Å². The maximum Gasteiger partial charge on any atom is 0.305 e. The molecule has 0 radical (unpaired) electrons. The number of nitrogens with one attached hydrogen (secondary N) is 1. The number of carboxylic acid groups (broad SMARTS) is 1. The molecule has 1 aromatic carbocycles. The molecule has 0 unspecified atom stereocenters. The average molecular weight is 361 g/mol. The van der Waals surface area contributed by atoms with Gasteiger partial charge >= 0.3 is 5.97 Å². The topological polar surface area (TPSA) is 86.7 Å². The summed E-state index contributed by atoms with van der Waals surface area (Å²) in [5, 5.41) is 11.8. The van der Waals surface area contributed by atoms with Crippen molar-refractivity contribution in [2.45, 2.75) is 26.3 Å². The molecule has 6 nitrogen and oxygen atoms in total. The van der Waals surface area contributed by atoms with Crippen LogP contribution in [0.2, 0.25) is 10.0 Å². The van der Waals surface area contributed by atoms with Gasteiger partial charge in [0.15, 0.2) is 0 Å². The van der Waals surface area contributed by atoms with Gasteiger partial charge in [0.25, 0.3) is 5.91 Å². The van der Waals surface area contributed by atoms with E-state index in [2.05, 4.69) is 5.32 Å². The average Bonchev–Trinajstić information content (AvgIpc) is 2.47. The van der Waals surface area contributed by atoms with Crippen molar-refractivity contribution in [3.8, 4) is 0 Å². The van der Waals surface area contributed by atoms with Gasteiger partial charge in [-0.15, -0.1) is 0 Å². The molecule has 0 fully saturated rings. The van der Waals surface area contributed by atoms with Crippen molar-refractivity contribution < 1.29 is 19.5 Å². The minimum atomic E-state index is -0.983. The maximum absolute atomic E-state index is 12.1. The lowest BCUT2D eigenvalue weighted by Gasteiger charge is -2.26. The van der Waals surface area contributed by atoms with Gasteiger partial charge in [0.2, 0.25) is 5.91 Å². The lowest BCUT2D eigenvalue weighted by atomic mass is 10.2. The molecule has 8 heteroatoms. The summed E-state index contributed by atoms with van der Waals surface area (Å²) in [4.78, 5) is 36.2. The molecule has 0 aliphatic rings. The zero-order valence-corrected chi connectivity index (χ0v) is 14.3. The Bertz CT molecular complexity index is 605. The molecular weight excluding hydrogens is 343 g/mol. The van der Waals surface area contributed by atoms with Gasteiger partial charge in [-0.25, -0.2) is 0 Å². The lowest BCUT2D eigenvalue weighted by molar-refractivity contribution is -0.138. The van der Waals surface area contributed by atoms with Gasteiger partial charge in [-0.3, -0.25) is 14.4 Å². The monoisotopic (exact) mass is 360 g/mol. The second-order valence-electron chi connectivity index (χ2n) is 5.14. The van der Waals surface area contributed by atoms with Crippen LogP contribution in [0.4, 0.5) is 0 Å². The number of benzene rings is 1. The van der Waals surface area contributed by atoms with Crippen LogP contribution in [0.25, 0.3) is 0 Å². The quantitative estimate of drug-likeness (QED) is 0.781. The third-order valence-corrected chi connectivity index (χ3v) is 3.83. The number of aliphatic carboxylic acids is 1. The van der Waals surface area contributed by atoms with Gasteiger partial charge in [0, 0.05) is 18.2 Å². The van der Waals surface area contributed by atoms with E-state index in [9.17, 15) is 14.4 Å². The predicted octanol–water partition coefficient (Wildman–Crippen LogP) is 2.43. The first-order valence-electron chi connectivity index (χ1n) is 6.97. The van der Waals surface area contributed by atoms with Crippen molar-refractivity contribution in [1.82, 2.24) is 10.2 Å². The summed E-state index contributed by atoms with van der Waals surface area (Å²) in [5.74, 6) is -1.79. The lowest BCUT2D eigenvalue weighted by Crippen LogP contribution is -2.44. The van der Waals surface area contributed by atoms with Crippen molar-refractivity contribution in [1.29, 1.82) is 0 Å². The minimum Gasteiger partial charge on any atom is -0.481 e. The Morgan fingerprint density at radius 2 is 1.87 bits per heavy atom. The van der Waals surface area contributed by atoms with Crippen LogP contribution < -0.4 is 5.32 Å². The van der Waals surface area contributed by atoms with E-state index < -0.39 is 11.9 Å². The third-order valence-electron chi connectivity index (χ3n) is 3.09. The molecule has 0 aliphatic carbocycles. The molecule has 1 rings (SSSR count). The van der Waals surface area contributed by atoms with Crippen molar-refractivity contribution in [3.05, 3.63) is 33.8 Å². The Labute approximate surface area is 144 Å². The van der Waals surface area contributed by atoms with Crippen LogP contribution in [0.15, 0.2) is 18.2 Å². The van der Waals surface area contributed by atoms with Gasteiger partial charge in [0.1, 0.15) is 0 Å². The molecular formula is C15H18Cl2N2O4. The number of nitrogens with zero attached hydrogens (tertiary/aromatic N) is 1. The summed E-state index contributed by atoms with van der Waals surface area (Å²) in [5.41, 5.74) is 0.286. The molecule has 0 spiro atoms. The van der Waals surface area contributed by atoms with Crippen LogP contribution in [0.1, 0.15) is 30.6 Å². The largest absolute Gasteiger partial charge is 0.481 e. The van der Waals surface area contributed by atoms with Crippen molar-refractivity contribution in [3.63, 3.8) is 0 Å². The van der Waals surface area contributed by atoms with E-state index in [1.165, 1.54) is 23.1 Å². The number of halogens is 2. The summed E-state index contributed by atoms with van der Waals surface area (Å²) in [6.07, 6.45) is -0.148. The van der Waals surface area contributed by atoms with E-state index in [1.807, 2.05) is 0 Å². The van der Waals surface area contributed by atoms with Crippen LogP contribution in [-0.4, -0.2) is 46.9 Å². The molecule has 23 heavy (non-hydrogen) atoms. The summed E-state index contributed by atoms with van der Waals surface area (Å²) >= 11 is 11.6. The standard InChI is InChI=1S/C15H18Cl2N2O4/c1-9(2)19(6-5-14(21)22)13(20)8-18-15(23)10-3-4-11(16)12(17)7-10/h3-4,7,9H,5-6,8H2,1-2H3,(H,18,23)(H,21,22). The molecule has 0 atom stereocenters. The summed E-state index contributed by atoms with van der Waals surface area (Å²) < 4.78 is 0. The van der Waals surface area contributed by atoms with Crippen LogP contribution in [0, 0.1) is 0 Å². The predicted molar refractivity (Wildman–Crippen MR) is 87.9 cm³/mol. The Morgan fingerprint density at radius 3 is 2.39 bits per heavy atom. The molecule has 2 N–H and O–H groups in total. The van der Waals surface area contributed by atoms with E-state index >= 15 is 0 Å². The molecule has 0 bridgehead atoms. The number of carbonyl (C=O) groups is 3. The van der Waals surface area contributed by atoms with Gasteiger partial charge in [-0.1, -0.05) is 23.2 Å². The van der Waals surface area contributed by atoms with Gasteiger partial charge < -0.3 is 15.3 Å². The molecule has 2 amide bonds. The van der Waals surface area contributed by atoms with E-state index in [0.717, 1.165) is 0 Å². The molecule has 126 valence electrons. The van der Waals surface area contributed by atoms with Crippen LogP contribution >= 0.6 is 23.2 Å². The summed E-state index contributed by atoms with van der Waals surface area (Å²) in [6, 6.07) is 4.24. The minimum absolute atomic E-state index is 0.0917. The number of rotatable bonds is 7. The zero-order chi connectivity index (χ0) is 17.6. The van der Waals surface area contributed by atoms with E-state index in [4.69, 9.17) is 28.3 Å². The Kier molecular flexibility index (Phi) is 7.32. The highest BCUT2D eigenvalue weighted by atomic mass is 35.5. The number of amides is 2. The molecule has 1 aromatic rings. The summed E-state index contributed by atoms with van der Waals surface area (Å²) in [6.45, 7) is 3.42. The Morgan fingerprint density at radius 1 is 1.22 bits per heavy atom. The Balaban J connectivity index is 2.63. The second kappa shape index (κ2) is 8.74. The smallest absolute Gasteiger partial charge is 0.305 e. The highest BCUT2D eigenvalue weighted by Crippen LogP contribution is 2.22. The fraction of sp³-hybridized carbons (Fsp3) is 0.400. The Hall–Kier alpha value is -1.79. The highest BCUT2D eigenvalue weighted by Gasteiger charge is 2.19. The van der Waals surface area contributed by atoms with Crippen LogP contribution in [-0.2, 0) is 9.59 Å². The van der Waals surface area contributed by atoms with E-state index in [0.29, 0.717) is 5.02 Å². The number of carbonyl (C=O) groups excluding carboxylic acids is 2. The van der Waals surface area contributed by atoms with Crippen LogP contribution in [0.3, 0.4) is 0 Å². The van der Waals surface area contributed by atoms with Gasteiger partial charge in [-0.2, -0.15) is 0 Å². The molecule has 0 aliphatic heterocycles. The molecule has 0 heterocycles. The summed E-state index contributed by atoms with van der Waals surface area (Å²) in [7, 11) is 0. The number of hydrogen-bond donors (Lipinski definition) is 2. The second-order valence-corrected chi connectivity index (χ2v) is 5.95. The van der Waals surface area contributed by atoms with Crippen LogP contribution in [0.5, 0.6) is 0 Å². The van der Waals surface area contributed by atoms with Gasteiger partial charge in [0.05, 0.1) is 23.0 Å². The fourth-order valence-electron chi connectivity index (χ4n) is 1.88. The molecule has 0 saturated heterocycles. The van der Waals surface area contributed by atoms with Crippen molar-refractivity contribution >= 4 is 41.0 Å². The van der Waals surface area contributed by atoms with E-state index in [-0.39, 0.29) is 42.0 Å². The highest BCUT2D eigenvalue weighted by molar-refractivity contribution is 6.42. The molecule has 0 aromatic heterocycles. The first kappa shape index (κ1) is 19.3. The normalized spacial score (nSPS) is 10.5. The molecule has 0 saturated carbocycles. The maximum atomic E-state index is 12.1. The third kappa shape index (κ3) is 6.08.